The van der Waals surface area contributed by atoms with Crippen molar-refractivity contribution < 1.29 is 13.6 Å². The minimum absolute atomic E-state index is 0.0485. The Hall–Kier alpha value is -3.98. The topological polar surface area (TPSA) is 84.2 Å². The monoisotopic (exact) mass is 413 g/mol. The van der Waals surface area contributed by atoms with Crippen LogP contribution in [-0.2, 0) is 6.61 Å². The highest BCUT2D eigenvalue weighted by molar-refractivity contribution is 5.55. The maximum atomic E-state index is 9.46. The first kappa shape index (κ1) is 20.3. The zero-order valence-corrected chi connectivity index (χ0v) is 17.7. The molecule has 1 atom stereocenters. The molecule has 4 aromatic rings. The van der Waals surface area contributed by atoms with Crippen LogP contribution in [-0.4, -0.2) is 4.98 Å². The number of aryl methyl sites for hydroxylation is 2. The van der Waals surface area contributed by atoms with E-state index in [9.17, 15) is 5.26 Å². The SMILES string of the molecule is Cc1ccc(OCc2ccc(-c3nc(C#N)c(NC(C)c4ccccc4)o3)o2)cc1C. The molecule has 0 radical (unpaired) electrons. The standard InChI is InChI=1S/C25H23N3O3/c1-16-9-10-20(13-17(16)2)29-15-21-11-12-23(30-21)25-28-22(14-26)24(31-25)27-18(3)19-7-5-4-6-8-19/h4-13,18,27H,15H2,1-3H3. The van der Waals surface area contributed by atoms with Gasteiger partial charge in [0.1, 0.15) is 24.2 Å². The first-order valence-corrected chi connectivity index (χ1v) is 10.0. The quantitative estimate of drug-likeness (QED) is 0.390. The lowest BCUT2D eigenvalue weighted by Crippen LogP contribution is -2.06. The summed E-state index contributed by atoms with van der Waals surface area (Å²) in [5.41, 5.74) is 3.65. The zero-order valence-electron chi connectivity index (χ0n) is 17.7. The maximum Gasteiger partial charge on any atom is 0.266 e. The average molecular weight is 413 g/mol. The number of aromatic nitrogens is 1. The van der Waals surface area contributed by atoms with Gasteiger partial charge >= 0.3 is 0 Å². The number of rotatable bonds is 7. The summed E-state index contributed by atoms with van der Waals surface area (Å²) in [6, 6.07) is 21.5. The lowest BCUT2D eigenvalue weighted by atomic mass is 10.1. The van der Waals surface area contributed by atoms with Gasteiger partial charge in [-0.2, -0.15) is 10.2 Å². The lowest BCUT2D eigenvalue weighted by molar-refractivity contribution is 0.271. The molecule has 6 nitrogen and oxygen atoms in total. The summed E-state index contributed by atoms with van der Waals surface area (Å²) in [6.07, 6.45) is 0. The number of ether oxygens (including phenoxy) is 1. The molecular weight excluding hydrogens is 390 g/mol. The van der Waals surface area contributed by atoms with E-state index in [4.69, 9.17) is 13.6 Å². The molecule has 156 valence electrons. The van der Waals surface area contributed by atoms with Gasteiger partial charge in [-0.25, -0.2) is 0 Å². The molecule has 0 amide bonds. The van der Waals surface area contributed by atoms with Crippen molar-refractivity contribution >= 4 is 5.88 Å². The molecule has 1 unspecified atom stereocenters. The highest BCUT2D eigenvalue weighted by Crippen LogP contribution is 2.30. The number of anilines is 1. The molecule has 0 bridgehead atoms. The molecule has 0 fully saturated rings. The van der Waals surface area contributed by atoms with Gasteiger partial charge in [-0.1, -0.05) is 36.4 Å². The number of furan rings is 1. The minimum atomic E-state index is -0.0485. The highest BCUT2D eigenvalue weighted by atomic mass is 16.5. The van der Waals surface area contributed by atoms with E-state index in [0.29, 0.717) is 17.4 Å². The Bertz CT molecular complexity index is 1220. The molecule has 2 heterocycles. The fraction of sp³-hybridized carbons (Fsp3) is 0.200. The molecule has 31 heavy (non-hydrogen) atoms. The summed E-state index contributed by atoms with van der Waals surface area (Å²) in [5.74, 6) is 2.42. The van der Waals surface area contributed by atoms with Gasteiger partial charge in [0.25, 0.3) is 5.89 Å². The average Bonchev–Trinajstić information content (AvgIpc) is 3.42. The van der Waals surface area contributed by atoms with Crippen molar-refractivity contribution in [2.45, 2.75) is 33.4 Å². The molecule has 2 aromatic heterocycles. The Kier molecular flexibility index (Phi) is 5.76. The maximum absolute atomic E-state index is 9.46. The molecule has 0 aliphatic carbocycles. The largest absolute Gasteiger partial charge is 0.486 e. The predicted molar refractivity (Wildman–Crippen MR) is 118 cm³/mol. The van der Waals surface area contributed by atoms with E-state index in [1.165, 1.54) is 11.1 Å². The van der Waals surface area contributed by atoms with Crippen molar-refractivity contribution in [2.75, 3.05) is 5.32 Å². The summed E-state index contributed by atoms with van der Waals surface area (Å²) < 4.78 is 17.5. The zero-order chi connectivity index (χ0) is 21.8. The van der Waals surface area contributed by atoms with E-state index >= 15 is 0 Å². The van der Waals surface area contributed by atoms with Gasteiger partial charge in [0.2, 0.25) is 11.6 Å². The van der Waals surface area contributed by atoms with E-state index in [2.05, 4.69) is 23.3 Å². The second-order valence-corrected chi connectivity index (χ2v) is 7.39. The number of benzene rings is 2. The molecule has 0 saturated heterocycles. The van der Waals surface area contributed by atoms with Crippen LogP contribution in [0.15, 0.2) is 69.5 Å². The third kappa shape index (κ3) is 4.62. The Morgan fingerprint density at radius 1 is 1.03 bits per heavy atom. The molecule has 2 aromatic carbocycles. The minimum Gasteiger partial charge on any atom is -0.486 e. The van der Waals surface area contributed by atoms with Crippen molar-refractivity contribution in [1.29, 1.82) is 5.26 Å². The first-order valence-electron chi connectivity index (χ1n) is 10.0. The molecular formula is C25H23N3O3. The number of hydrogen-bond donors (Lipinski definition) is 1. The van der Waals surface area contributed by atoms with E-state index in [-0.39, 0.29) is 24.2 Å². The number of nitrogens with one attached hydrogen (secondary N) is 1. The summed E-state index contributed by atoms with van der Waals surface area (Å²) in [7, 11) is 0. The van der Waals surface area contributed by atoms with E-state index in [1.54, 1.807) is 6.07 Å². The van der Waals surface area contributed by atoms with Crippen LogP contribution >= 0.6 is 0 Å². The molecule has 0 saturated carbocycles. The van der Waals surface area contributed by atoms with Gasteiger partial charge in [-0.05, 0) is 61.7 Å². The Balaban J connectivity index is 1.47. The van der Waals surface area contributed by atoms with Crippen molar-refractivity contribution in [3.8, 4) is 23.5 Å². The predicted octanol–water partition coefficient (Wildman–Crippen LogP) is 6.18. The lowest BCUT2D eigenvalue weighted by Gasteiger charge is -2.12. The van der Waals surface area contributed by atoms with Crippen LogP contribution < -0.4 is 10.1 Å². The molecule has 0 aliphatic heterocycles. The fourth-order valence-electron chi connectivity index (χ4n) is 3.15. The van der Waals surface area contributed by atoms with Crippen molar-refractivity contribution in [3.05, 3.63) is 88.8 Å². The second-order valence-electron chi connectivity index (χ2n) is 7.39. The van der Waals surface area contributed by atoms with Crippen LogP contribution in [0.5, 0.6) is 5.75 Å². The second kappa shape index (κ2) is 8.80. The van der Waals surface area contributed by atoms with Gasteiger partial charge in [0.05, 0.1) is 6.04 Å². The number of hydrogen-bond acceptors (Lipinski definition) is 6. The van der Waals surface area contributed by atoms with Crippen molar-refractivity contribution in [1.82, 2.24) is 4.98 Å². The van der Waals surface area contributed by atoms with Crippen LogP contribution in [0.2, 0.25) is 0 Å². The number of oxazole rings is 1. The summed E-state index contributed by atoms with van der Waals surface area (Å²) in [5, 5.41) is 12.7. The van der Waals surface area contributed by atoms with E-state index in [0.717, 1.165) is 11.3 Å². The molecule has 1 N–H and O–H groups in total. The third-order valence-corrected chi connectivity index (χ3v) is 5.11. The Labute approximate surface area is 181 Å². The normalized spacial score (nSPS) is 11.7. The van der Waals surface area contributed by atoms with Crippen LogP contribution in [0.25, 0.3) is 11.7 Å². The number of nitriles is 1. The fourth-order valence-corrected chi connectivity index (χ4v) is 3.15. The molecule has 6 heteroatoms. The Morgan fingerprint density at radius 3 is 2.58 bits per heavy atom. The van der Waals surface area contributed by atoms with Gasteiger partial charge in [0.15, 0.2) is 5.76 Å². The molecule has 0 aliphatic rings. The van der Waals surface area contributed by atoms with E-state index < -0.39 is 0 Å². The highest BCUT2D eigenvalue weighted by Gasteiger charge is 2.19. The molecule has 4 rings (SSSR count). The van der Waals surface area contributed by atoms with Crippen molar-refractivity contribution in [2.24, 2.45) is 0 Å². The van der Waals surface area contributed by atoms with E-state index in [1.807, 2.05) is 68.4 Å². The third-order valence-electron chi connectivity index (χ3n) is 5.11. The summed E-state index contributed by atoms with van der Waals surface area (Å²) >= 11 is 0. The van der Waals surface area contributed by atoms with Crippen LogP contribution in [0.3, 0.4) is 0 Å². The van der Waals surface area contributed by atoms with Crippen LogP contribution in [0.4, 0.5) is 5.88 Å². The van der Waals surface area contributed by atoms with Gasteiger partial charge in [-0.15, -0.1) is 0 Å². The summed E-state index contributed by atoms with van der Waals surface area (Å²) in [6.45, 7) is 6.39. The first-order chi connectivity index (χ1) is 15.0. The van der Waals surface area contributed by atoms with Crippen molar-refractivity contribution in [3.63, 3.8) is 0 Å². The smallest absolute Gasteiger partial charge is 0.266 e. The van der Waals surface area contributed by atoms with Gasteiger partial charge < -0.3 is 18.9 Å². The Morgan fingerprint density at radius 2 is 1.84 bits per heavy atom. The van der Waals surface area contributed by atoms with Crippen LogP contribution in [0, 0.1) is 25.2 Å². The number of nitrogens with zero attached hydrogens (tertiary/aromatic N) is 2. The molecule has 0 spiro atoms. The van der Waals surface area contributed by atoms with Gasteiger partial charge in [-0.3, -0.25) is 0 Å². The van der Waals surface area contributed by atoms with Crippen LogP contribution in [0.1, 0.15) is 41.1 Å². The summed E-state index contributed by atoms with van der Waals surface area (Å²) in [4.78, 5) is 4.27. The van der Waals surface area contributed by atoms with Gasteiger partial charge in [0, 0.05) is 0 Å².